The second kappa shape index (κ2) is 3.68. The van der Waals surface area contributed by atoms with Crippen LogP contribution in [0, 0.1) is 6.42 Å². The standard InChI is InChI=1S/C7H12NO2/c1-2-7(9)6-5-10-4-3-8-6/h2,6,8H,3-5H2,1H3. The molecule has 0 saturated carbocycles. The molecule has 57 valence electrons. The number of hydrogen-bond acceptors (Lipinski definition) is 3. The van der Waals surface area contributed by atoms with Crippen molar-refractivity contribution in [2.75, 3.05) is 19.8 Å². The molecule has 1 radical (unpaired) electrons. The molecule has 0 aromatic rings. The fourth-order valence-corrected chi connectivity index (χ4v) is 0.949. The first-order valence-corrected chi connectivity index (χ1v) is 3.49. The molecule has 10 heavy (non-hydrogen) atoms. The summed E-state index contributed by atoms with van der Waals surface area (Å²) in [5, 5.41) is 3.06. The van der Waals surface area contributed by atoms with Crippen molar-refractivity contribution in [1.29, 1.82) is 0 Å². The molecule has 1 rings (SSSR count). The van der Waals surface area contributed by atoms with Crippen LogP contribution in [0.2, 0.25) is 0 Å². The van der Waals surface area contributed by atoms with Crippen LogP contribution in [0.5, 0.6) is 0 Å². The Kier molecular flexibility index (Phi) is 2.83. The summed E-state index contributed by atoms with van der Waals surface area (Å²) < 4.78 is 5.10. The molecule has 1 saturated heterocycles. The van der Waals surface area contributed by atoms with Gasteiger partial charge < -0.3 is 10.1 Å². The number of carbonyl (C=O) groups is 1. The lowest BCUT2D eigenvalue weighted by Crippen LogP contribution is -2.46. The fraction of sp³-hybridized carbons (Fsp3) is 0.714. The van der Waals surface area contributed by atoms with E-state index in [0.717, 1.165) is 6.54 Å². The number of rotatable bonds is 2. The number of carbonyl (C=O) groups excluding carboxylic acids is 1. The van der Waals surface area contributed by atoms with E-state index in [4.69, 9.17) is 4.74 Å². The van der Waals surface area contributed by atoms with Crippen LogP contribution in [0.3, 0.4) is 0 Å². The Morgan fingerprint density at radius 1 is 1.80 bits per heavy atom. The molecule has 3 heteroatoms. The second-order valence-corrected chi connectivity index (χ2v) is 2.27. The third-order valence-corrected chi connectivity index (χ3v) is 1.55. The van der Waals surface area contributed by atoms with Crippen molar-refractivity contribution in [3.63, 3.8) is 0 Å². The van der Waals surface area contributed by atoms with Gasteiger partial charge in [-0.3, -0.25) is 4.79 Å². The van der Waals surface area contributed by atoms with Crippen molar-refractivity contribution in [2.45, 2.75) is 13.0 Å². The third-order valence-electron chi connectivity index (χ3n) is 1.55. The van der Waals surface area contributed by atoms with Crippen LogP contribution >= 0.6 is 0 Å². The third kappa shape index (κ3) is 1.78. The number of ketones is 1. The Morgan fingerprint density at radius 2 is 2.60 bits per heavy atom. The summed E-state index contributed by atoms with van der Waals surface area (Å²) in [5.74, 6) is 0.125. The molecule has 3 nitrogen and oxygen atoms in total. The lowest BCUT2D eigenvalue weighted by molar-refractivity contribution is -0.120. The van der Waals surface area contributed by atoms with Gasteiger partial charge in [0.2, 0.25) is 0 Å². The van der Waals surface area contributed by atoms with Crippen LogP contribution in [0.15, 0.2) is 0 Å². The fourth-order valence-electron chi connectivity index (χ4n) is 0.949. The molecular weight excluding hydrogens is 130 g/mol. The van der Waals surface area contributed by atoms with Crippen LogP contribution in [-0.4, -0.2) is 31.6 Å². The number of morpholine rings is 1. The van der Waals surface area contributed by atoms with Gasteiger partial charge in [0.25, 0.3) is 0 Å². The van der Waals surface area contributed by atoms with Crippen LogP contribution in [-0.2, 0) is 9.53 Å². The minimum absolute atomic E-state index is 0.0984. The van der Waals surface area contributed by atoms with Crippen LogP contribution in [0.4, 0.5) is 0 Å². The lowest BCUT2D eigenvalue weighted by Gasteiger charge is -2.21. The minimum atomic E-state index is -0.0984. The summed E-state index contributed by atoms with van der Waals surface area (Å²) in [4.78, 5) is 11.0. The van der Waals surface area contributed by atoms with Gasteiger partial charge in [0, 0.05) is 13.0 Å². The Hall–Kier alpha value is -0.410. The van der Waals surface area contributed by atoms with E-state index >= 15 is 0 Å². The van der Waals surface area contributed by atoms with Crippen molar-refractivity contribution in [2.24, 2.45) is 0 Å². The Bertz CT molecular complexity index is 119. The number of nitrogens with one attached hydrogen (secondary N) is 1. The highest BCUT2D eigenvalue weighted by Gasteiger charge is 2.18. The molecule has 0 aromatic heterocycles. The Balaban J connectivity index is 2.31. The maximum absolute atomic E-state index is 11.0. The lowest BCUT2D eigenvalue weighted by atomic mass is 10.1. The summed E-state index contributed by atoms with van der Waals surface area (Å²) >= 11 is 0. The Morgan fingerprint density at radius 3 is 3.10 bits per heavy atom. The summed E-state index contributed by atoms with van der Waals surface area (Å²) in [6, 6.07) is -0.0984. The van der Waals surface area contributed by atoms with Crippen molar-refractivity contribution < 1.29 is 9.53 Å². The maximum atomic E-state index is 11.0. The number of hydrogen-bond donors (Lipinski definition) is 1. The van der Waals surface area contributed by atoms with E-state index in [9.17, 15) is 4.79 Å². The van der Waals surface area contributed by atoms with E-state index in [1.165, 1.54) is 0 Å². The van der Waals surface area contributed by atoms with Gasteiger partial charge >= 0.3 is 0 Å². The SMILES string of the molecule is C[CH]C(=O)C1COCCN1. The van der Waals surface area contributed by atoms with E-state index in [-0.39, 0.29) is 11.8 Å². The molecule has 0 aromatic carbocycles. The van der Waals surface area contributed by atoms with Crippen LogP contribution in [0.1, 0.15) is 6.92 Å². The molecule has 1 unspecified atom stereocenters. The normalized spacial score (nSPS) is 26.3. The molecule has 0 amide bonds. The summed E-state index contributed by atoms with van der Waals surface area (Å²) in [7, 11) is 0. The maximum Gasteiger partial charge on any atom is 0.155 e. The molecule has 0 aliphatic carbocycles. The van der Waals surface area contributed by atoms with E-state index in [2.05, 4.69) is 5.32 Å². The van der Waals surface area contributed by atoms with Gasteiger partial charge in [-0.05, 0) is 0 Å². The largest absolute Gasteiger partial charge is 0.378 e. The molecule has 0 bridgehead atoms. The zero-order valence-electron chi connectivity index (χ0n) is 6.09. The molecule has 1 aliphatic heterocycles. The average Bonchev–Trinajstić information content (AvgIpc) is 2.05. The van der Waals surface area contributed by atoms with Gasteiger partial charge in [0.05, 0.1) is 19.3 Å². The monoisotopic (exact) mass is 142 g/mol. The van der Waals surface area contributed by atoms with E-state index < -0.39 is 0 Å². The van der Waals surface area contributed by atoms with Gasteiger partial charge in [0.1, 0.15) is 0 Å². The predicted molar refractivity (Wildman–Crippen MR) is 37.6 cm³/mol. The number of Topliss-reactive ketones (excluding diaryl/α,β-unsaturated/α-hetero) is 1. The van der Waals surface area contributed by atoms with Gasteiger partial charge in [-0.2, -0.15) is 0 Å². The highest BCUT2D eigenvalue weighted by Crippen LogP contribution is 1.95. The van der Waals surface area contributed by atoms with Crippen molar-refractivity contribution in [3.8, 4) is 0 Å². The second-order valence-electron chi connectivity index (χ2n) is 2.27. The summed E-state index contributed by atoms with van der Waals surface area (Å²) in [6.45, 7) is 3.76. The predicted octanol–water partition coefficient (Wildman–Crippen LogP) is -0.232. The topological polar surface area (TPSA) is 38.3 Å². The van der Waals surface area contributed by atoms with Crippen LogP contribution in [0.25, 0.3) is 0 Å². The average molecular weight is 142 g/mol. The summed E-state index contributed by atoms with van der Waals surface area (Å²) in [6.07, 6.45) is 1.58. The van der Waals surface area contributed by atoms with E-state index in [1.807, 2.05) is 0 Å². The zero-order chi connectivity index (χ0) is 7.40. The first-order chi connectivity index (χ1) is 4.84. The highest BCUT2D eigenvalue weighted by molar-refractivity contribution is 5.91. The van der Waals surface area contributed by atoms with Gasteiger partial charge in [-0.1, -0.05) is 6.92 Å². The molecule has 1 fully saturated rings. The molecule has 1 N–H and O–H groups in total. The molecule has 1 heterocycles. The van der Waals surface area contributed by atoms with Crippen molar-refractivity contribution in [1.82, 2.24) is 5.32 Å². The zero-order valence-corrected chi connectivity index (χ0v) is 6.09. The molecule has 1 atom stereocenters. The summed E-state index contributed by atoms with van der Waals surface area (Å²) in [5.41, 5.74) is 0. The van der Waals surface area contributed by atoms with Crippen LogP contribution < -0.4 is 5.32 Å². The minimum Gasteiger partial charge on any atom is -0.378 e. The van der Waals surface area contributed by atoms with Gasteiger partial charge in [-0.15, -0.1) is 0 Å². The smallest absolute Gasteiger partial charge is 0.155 e. The Labute approximate surface area is 60.7 Å². The number of ether oxygens (including phenoxy) is 1. The molecule has 0 spiro atoms. The first-order valence-electron chi connectivity index (χ1n) is 3.49. The van der Waals surface area contributed by atoms with E-state index in [0.29, 0.717) is 13.2 Å². The molecular formula is C7H12NO2. The van der Waals surface area contributed by atoms with Crippen molar-refractivity contribution >= 4 is 5.78 Å². The highest BCUT2D eigenvalue weighted by atomic mass is 16.5. The van der Waals surface area contributed by atoms with Crippen molar-refractivity contribution in [3.05, 3.63) is 6.42 Å². The van der Waals surface area contributed by atoms with Gasteiger partial charge in [-0.25, -0.2) is 0 Å². The molecule has 1 aliphatic rings. The quantitative estimate of drug-likeness (QED) is 0.578. The van der Waals surface area contributed by atoms with E-state index in [1.54, 1.807) is 13.3 Å². The first kappa shape index (κ1) is 7.69. The van der Waals surface area contributed by atoms with Gasteiger partial charge in [0.15, 0.2) is 5.78 Å².